The molecule has 0 fully saturated rings. The Labute approximate surface area is 155 Å². The summed E-state index contributed by atoms with van der Waals surface area (Å²) in [5.41, 5.74) is 3.19. The molecule has 0 spiro atoms. The largest absolute Gasteiger partial charge is 0.484 e. The third-order valence-electron chi connectivity index (χ3n) is 3.86. The molecule has 0 bridgehead atoms. The average molecular weight is 387 g/mol. The molecule has 0 aliphatic carbocycles. The lowest BCUT2D eigenvalue weighted by Crippen LogP contribution is -2.28. The smallest absolute Gasteiger partial charge is 0.277 e. The molecule has 1 aliphatic heterocycles. The molecule has 0 saturated carbocycles. The average Bonchev–Trinajstić information content (AvgIpc) is 2.66. The maximum atomic E-state index is 13.5. The van der Waals surface area contributed by atoms with Crippen LogP contribution in [0.15, 0.2) is 52.5 Å². The molecule has 2 aromatic rings. The Kier molecular flexibility index (Phi) is 5.19. The van der Waals surface area contributed by atoms with Crippen LogP contribution in [0.4, 0.5) is 4.39 Å². The molecule has 138 valence electrons. The number of halogens is 1. The van der Waals surface area contributed by atoms with E-state index in [0.717, 1.165) is 12.1 Å². The Morgan fingerprint density at radius 1 is 1.26 bits per heavy atom. The molecule has 0 atom stereocenters. The van der Waals surface area contributed by atoms with Crippen LogP contribution < -0.4 is 10.2 Å². The number of nitriles is 1. The fraction of sp³-hybridized carbons (Fsp3) is 0.167. The number of nitrogens with one attached hydrogen (secondary N) is 1. The normalized spacial score (nSPS) is 16.2. The van der Waals surface area contributed by atoms with Gasteiger partial charge in [0, 0.05) is 12.0 Å². The first-order valence-corrected chi connectivity index (χ1v) is 9.55. The SMILES string of the molecule is N#Cc1ccc(OCC(=O)NN=C2CCS(=O)(=O)c3ccc(F)cc32)cc1. The summed E-state index contributed by atoms with van der Waals surface area (Å²) in [4.78, 5) is 11.9. The summed E-state index contributed by atoms with van der Waals surface area (Å²) >= 11 is 0. The number of benzene rings is 2. The number of hydrogen-bond donors (Lipinski definition) is 1. The zero-order valence-corrected chi connectivity index (χ0v) is 14.8. The van der Waals surface area contributed by atoms with E-state index in [0.29, 0.717) is 11.3 Å². The fourth-order valence-corrected chi connectivity index (χ4v) is 4.00. The minimum atomic E-state index is -3.49. The first-order chi connectivity index (χ1) is 12.9. The number of amides is 1. The molecular formula is C18H14FN3O4S. The van der Waals surface area contributed by atoms with Gasteiger partial charge in [-0.25, -0.2) is 18.2 Å². The monoisotopic (exact) mass is 387 g/mol. The number of rotatable bonds is 4. The van der Waals surface area contributed by atoms with Gasteiger partial charge in [-0.3, -0.25) is 4.79 Å². The zero-order chi connectivity index (χ0) is 19.4. The van der Waals surface area contributed by atoms with Gasteiger partial charge in [-0.2, -0.15) is 10.4 Å². The third kappa shape index (κ3) is 4.30. The molecule has 1 heterocycles. The van der Waals surface area contributed by atoms with Crippen LogP contribution in [0.5, 0.6) is 5.75 Å². The summed E-state index contributed by atoms with van der Waals surface area (Å²) in [6.45, 7) is -0.322. The van der Waals surface area contributed by atoms with E-state index in [1.54, 1.807) is 24.3 Å². The van der Waals surface area contributed by atoms with Gasteiger partial charge in [-0.05, 0) is 42.5 Å². The van der Waals surface area contributed by atoms with Crippen LogP contribution in [0.3, 0.4) is 0 Å². The number of nitrogens with zero attached hydrogens (tertiary/aromatic N) is 2. The van der Waals surface area contributed by atoms with E-state index in [9.17, 15) is 17.6 Å². The van der Waals surface area contributed by atoms with Crippen LogP contribution in [0.1, 0.15) is 17.5 Å². The van der Waals surface area contributed by atoms with E-state index < -0.39 is 21.6 Å². The number of carbonyl (C=O) groups is 1. The number of carbonyl (C=O) groups excluding carboxylic acids is 1. The van der Waals surface area contributed by atoms with Gasteiger partial charge >= 0.3 is 0 Å². The van der Waals surface area contributed by atoms with Crippen molar-refractivity contribution in [3.8, 4) is 11.8 Å². The van der Waals surface area contributed by atoms with Gasteiger partial charge in [0.25, 0.3) is 5.91 Å². The summed E-state index contributed by atoms with van der Waals surface area (Å²) in [5, 5.41) is 12.7. The topological polar surface area (TPSA) is 109 Å². The predicted octanol–water partition coefficient (Wildman–Crippen LogP) is 1.77. The summed E-state index contributed by atoms with van der Waals surface area (Å²) in [6, 6.07) is 11.6. The van der Waals surface area contributed by atoms with E-state index in [1.807, 2.05) is 6.07 Å². The highest BCUT2D eigenvalue weighted by Crippen LogP contribution is 2.26. The van der Waals surface area contributed by atoms with Gasteiger partial charge in [0.05, 0.1) is 28.0 Å². The molecule has 0 radical (unpaired) electrons. The van der Waals surface area contributed by atoms with Crippen LogP contribution in [0, 0.1) is 17.1 Å². The molecule has 9 heteroatoms. The van der Waals surface area contributed by atoms with Crippen molar-refractivity contribution in [2.24, 2.45) is 5.10 Å². The lowest BCUT2D eigenvalue weighted by molar-refractivity contribution is -0.123. The Bertz CT molecular complexity index is 1060. The highest BCUT2D eigenvalue weighted by molar-refractivity contribution is 7.91. The van der Waals surface area contributed by atoms with Crippen LogP contribution in [0.25, 0.3) is 0 Å². The second kappa shape index (κ2) is 7.55. The Morgan fingerprint density at radius 3 is 2.70 bits per heavy atom. The second-order valence-corrected chi connectivity index (χ2v) is 7.81. The van der Waals surface area contributed by atoms with Gasteiger partial charge < -0.3 is 4.74 Å². The van der Waals surface area contributed by atoms with Crippen LogP contribution >= 0.6 is 0 Å². The van der Waals surface area contributed by atoms with Crippen molar-refractivity contribution in [3.63, 3.8) is 0 Å². The predicted molar refractivity (Wildman–Crippen MR) is 94.4 cm³/mol. The molecule has 0 unspecified atom stereocenters. The van der Waals surface area contributed by atoms with E-state index in [1.165, 1.54) is 6.07 Å². The van der Waals surface area contributed by atoms with Crippen LogP contribution in [0.2, 0.25) is 0 Å². The second-order valence-electron chi connectivity index (χ2n) is 5.73. The summed E-state index contributed by atoms with van der Waals surface area (Å²) in [6.07, 6.45) is 0.0650. The fourth-order valence-electron chi connectivity index (χ4n) is 2.53. The van der Waals surface area contributed by atoms with Crippen molar-refractivity contribution in [2.75, 3.05) is 12.4 Å². The van der Waals surface area contributed by atoms with Crippen molar-refractivity contribution in [1.82, 2.24) is 5.43 Å². The lowest BCUT2D eigenvalue weighted by Gasteiger charge is -2.18. The number of sulfone groups is 1. The van der Waals surface area contributed by atoms with E-state index in [-0.39, 0.29) is 35.0 Å². The molecule has 0 aromatic heterocycles. The third-order valence-corrected chi connectivity index (χ3v) is 5.63. The Hall–Kier alpha value is -3.25. The molecule has 1 aliphatic rings. The maximum absolute atomic E-state index is 13.5. The molecular weight excluding hydrogens is 373 g/mol. The van der Waals surface area contributed by atoms with Crippen molar-refractivity contribution in [1.29, 1.82) is 5.26 Å². The number of ether oxygens (including phenoxy) is 1. The number of fused-ring (bicyclic) bond motifs is 1. The van der Waals surface area contributed by atoms with Crippen molar-refractivity contribution in [3.05, 3.63) is 59.4 Å². The standard InChI is InChI=1S/C18H14FN3O4S/c19-13-3-6-17-15(9-13)16(7-8-27(17,24)25)21-22-18(23)11-26-14-4-1-12(10-20)2-5-14/h1-6,9H,7-8,11H2,(H,22,23). The molecule has 2 aromatic carbocycles. The van der Waals surface area contributed by atoms with Crippen molar-refractivity contribution >= 4 is 21.5 Å². The minimum absolute atomic E-state index is 0.00279. The lowest BCUT2D eigenvalue weighted by atomic mass is 10.1. The van der Waals surface area contributed by atoms with Crippen LogP contribution in [-0.4, -0.2) is 32.4 Å². The van der Waals surface area contributed by atoms with Crippen LogP contribution in [-0.2, 0) is 14.6 Å². The van der Waals surface area contributed by atoms with Gasteiger partial charge in [-0.1, -0.05) is 0 Å². The van der Waals surface area contributed by atoms with Gasteiger partial charge in [0.15, 0.2) is 16.4 Å². The zero-order valence-electron chi connectivity index (χ0n) is 14.0. The first kappa shape index (κ1) is 18.5. The van der Waals surface area contributed by atoms with Gasteiger partial charge in [0.1, 0.15) is 11.6 Å². The molecule has 1 N–H and O–H groups in total. The minimum Gasteiger partial charge on any atom is -0.484 e. The van der Waals surface area contributed by atoms with Crippen molar-refractivity contribution < 1.29 is 22.3 Å². The quantitative estimate of drug-likeness (QED) is 0.635. The maximum Gasteiger partial charge on any atom is 0.277 e. The van der Waals surface area contributed by atoms with E-state index in [4.69, 9.17) is 10.00 Å². The molecule has 1 amide bonds. The first-order valence-electron chi connectivity index (χ1n) is 7.90. The molecule has 0 saturated heterocycles. The summed E-state index contributed by atoms with van der Waals surface area (Å²) in [7, 11) is -3.49. The summed E-state index contributed by atoms with van der Waals surface area (Å²) < 4.78 is 42.9. The molecule has 3 rings (SSSR count). The number of hydrogen-bond acceptors (Lipinski definition) is 6. The van der Waals surface area contributed by atoms with E-state index >= 15 is 0 Å². The van der Waals surface area contributed by atoms with E-state index in [2.05, 4.69) is 10.5 Å². The Balaban J connectivity index is 1.68. The highest BCUT2D eigenvalue weighted by atomic mass is 32.2. The number of hydrazone groups is 1. The molecule has 7 nitrogen and oxygen atoms in total. The summed E-state index contributed by atoms with van der Waals surface area (Å²) in [5.74, 6) is -0.900. The van der Waals surface area contributed by atoms with Gasteiger partial charge in [-0.15, -0.1) is 0 Å². The van der Waals surface area contributed by atoms with Gasteiger partial charge in [0.2, 0.25) is 0 Å². The van der Waals surface area contributed by atoms with Crippen molar-refractivity contribution in [2.45, 2.75) is 11.3 Å². The Morgan fingerprint density at radius 2 is 2.00 bits per heavy atom. The highest BCUT2D eigenvalue weighted by Gasteiger charge is 2.28. The molecule has 27 heavy (non-hydrogen) atoms.